The van der Waals surface area contributed by atoms with Crippen LogP contribution in [0.25, 0.3) is 0 Å². The van der Waals surface area contributed by atoms with Crippen molar-refractivity contribution in [3.8, 4) is 0 Å². The highest BCUT2D eigenvalue weighted by Crippen LogP contribution is 2.24. The predicted molar refractivity (Wildman–Crippen MR) is 102 cm³/mol. The molecule has 1 spiro atoms. The van der Waals surface area contributed by atoms with Gasteiger partial charge >= 0.3 is 0 Å². The lowest BCUT2D eigenvalue weighted by Crippen LogP contribution is -2.59. The Bertz CT molecular complexity index is 635. The van der Waals surface area contributed by atoms with Gasteiger partial charge in [-0.15, -0.1) is 0 Å². The monoisotopic (exact) mass is 376 g/mol. The van der Waals surface area contributed by atoms with E-state index in [9.17, 15) is 4.79 Å². The molecule has 1 aromatic rings. The fourth-order valence-electron chi connectivity index (χ4n) is 3.70. The van der Waals surface area contributed by atoms with E-state index in [1.165, 1.54) is 0 Å². The summed E-state index contributed by atoms with van der Waals surface area (Å²) in [6.45, 7) is 13.4. The van der Waals surface area contributed by atoms with Crippen LogP contribution < -0.4 is 0 Å². The molecule has 3 rings (SSSR count). The highest BCUT2D eigenvalue weighted by Gasteiger charge is 2.41. The molecule has 1 amide bonds. The van der Waals surface area contributed by atoms with Crippen molar-refractivity contribution in [3.63, 3.8) is 0 Å². The molecule has 1 aromatic heterocycles. The molecule has 0 radical (unpaired) electrons. The molecular weight excluding hydrogens is 344 g/mol. The molecule has 7 nitrogen and oxygen atoms in total. The average Bonchev–Trinajstić information content (AvgIpc) is 2.84. The topological polar surface area (TPSA) is 67.8 Å². The second kappa shape index (κ2) is 8.63. The maximum absolute atomic E-state index is 12.5. The molecule has 2 aliphatic heterocycles. The first-order valence-corrected chi connectivity index (χ1v) is 9.92. The van der Waals surface area contributed by atoms with Crippen molar-refractivity contribution in [1.29, 1.82) is 0 Å². The first-order chi connectivity index (χ1) is 12.9. The van der Waals surface area contributed by atoms with Crippen LogP contribution in [-0.2, 0) is 20.8 Å². The quantitative estimate of drug-likeness (QED) is 0.797. The average molecular weight is 377 g/mol. The van der Waals surface area contributed by atoms with Gasteiger partial charge in [-0.05, 0) is 0 Å². The molecule has 3 heterocycles. The van der Waals surface area contributed by atoms with Crippen molar-refractivity contribution < 1.29 is 14.3 Å². The molecule has 0 N–H and O–H groups in total. The summed E-state index contributed by atoms with van der Waals surface area (Å²) in [7, 11) is 0. The number of amides is 1. The summed E-state index contributed by atoms with van der Waals surface area (Å²) in [6.07, 6.45) is 3.84. The maximum Gasteiger partial charge on any atom is 0.225 e. The zero-order valence-electron chi connectivity index (χ0n) is 17.0. The number of hydrogen-bond acceptors (Lipinski definition) is 6. The second-order valence-electron chi connectivity index (χ2n) is 8.31. The summed E-state index contributed by atoms with van der Waals surface area (Å²) in [5, 5.41) is 0. The van der Waals surface area contributed by atoms with E-state index < -0.39 is 5.60 Å². The van der Waals surface area contributed by atoms with Gasteiger partial charge in [-0.3, -0.25) is 9.69 Å². The molecule has 2 fully saturated rings. The standard InChI is InChI=1S/C20H32N4O3/c1-15(2)18-21-9-17(10-22-18)11-23-5-8-27-20(12-23)13-24(6-7-26-14-20)19(25)16(3)4/h9-10,15-16H,5-8,11-14H2,1-4H3. The molecule has 1 unspecified atom stereocenters. The molecule has 2 aliphatic rings. The summed E-state index contributed by atoms with van der Waals surface area (Å²) in [5.74, 6) is 1.35. The summed E-state index contributed by atoms with van der Waals surface area (Å²) < 4.78 is 12.0. The molecule has 0 aliphatic carbocycles. The van der Waals surface area contributed by atoms with E-state index in [-0.39, 0.29) is 11.8 Å². The van der Waals surface area contributed by atoms with E-state index in [0.29, 0.717) is 38.8 Å². The Balaban J connectivity index is 1.67. The number of morpholine rings is 1. The lowest BCUT2D eigenvalue weighted by atomic mass is 10.0. The van der Waals surface area contributed by atoms with Gasteiger partial charge in [-0.2, -0.15) is 0 Å². The van der Waals surface area contributed by atoms with Gasteiger partial charge in [0.2, 0.25) is 5.91 Å². The molecular formula is C20H32N4O3. The van der Waals surface area contributed by atoms with Crippen LogP contribution in [0.3, 0.4) is 0 Å². The van der Waals surface area contributed by atoms with Crippen LogP contribution in [0.15, 0.2) is 12.4 Å². The van der Waals surface area contributed by atoms with E-state index in [2.05, 4.69) is 28.7 Å². The van der Waals surface area contributed by atoms with E-state index in [1.807, 2.05) is 31.1 Å². The lowest BCUT2D eigenvalue weighted by Gasteiger charge is -2.43. The summed E-state index contributed by atoms with van der Waals surface area (Å²) in [4.78, 5) is 25.7. The van der Waals surface area contributed by atoms with Crippen molar-refractivity contribution in [2.75, 3.05) is 46.0 Å². The number of carbonyl (C=O) groups is 1. The Morgan fingerprint density at radius 3 is 2.56 bits per heavy atom. The van der Waals surface area contributed by atoms with Crippen LogP contribution in [0.2, 0.25) is 0 Å². The van der Waals surface area contributed by atoms with Crippen LogP contribution in [0.1, 0.15) is 45.0 Å². The molecule has 0 aromatic carbocycles. The Hall–Kier alpha value is -1.57. The van der Waals surface area contributed by atoms with Crippen molar-refractivity contribution in [2.24, 2.45) is 5.92 Å². The SMILES string of the molecule is CC(C)C(=O)N1CCOCC2(CN(Cc3cnc(C(C)C)nc3)CCO2)C1. The fraction of sp³-hybridized carbons (Fsp3) is 0.750. The third-order valence-electron chi connectivity index (χ3n) is 5.13. The Morgan fingerprint density at radius 1 is 1.15 bits per heavy atom. The predicted octanol–water partition coefficient (Wildman–Crippen LogP) is 1.69. The summed E-state index contributed by atoms with van der Waals surface area (Å²) in [6, 6.07) is 0. The normalized spacial score (nSPS) is 24.6. The number of nitrogens with zero attached hydrogens (tertiary/aromatic N) is 4. The highest BCUT2D eigenvalue weighted by molar-refractivity contribution is 5.78. The Kier molecular flexibility index (Phi) is 6.44. The molecule has 0 saturated carbocycles. The summed E-state index contributed by atoms with van der Waals surface area (Å²) >= 11 is 0. The van der Waals surface area contributed by atoms with Gasteiger partial charge in [-0.25, -0.2) is 9.97 Å². The van der Waals surface area contributed by atoms with Crippen LogP contribution in [0, 0.1) is 5.92 Å². The minimum atomic E-state index is -0.460. The van der Waals surface area contributed by atoms with Gasteiger partial charge in [0.25, 0.3) is 0 Å². The van der Waals surface area contributed by atoms with Crippen LogP contribution in [0.4, 0.5) is 0 Å². The summed E-state index contributed by atoms with van der Waals surface area (Å²) in [5.41, 5.74) is 0.638. The maximum atomic E-state index is 12.5. The number of ether oxygens (including phenoxy) is 2. The molecule has 1 atom stereocenters. The van der Waals surface area contributed by atoms with E-state index in [0.717, 1.165) is 31.0 Å². The molecule has 27 heavy (non-hydrogen) atoms. The van der Waals surface area contributed by atoms with Gasteiger partial charge < -0.3 is 14.4 Å². The molecule has 150 valence electrons. The number of hydrogen-bond donors (Lipinski definition) is 0. The lowest BCUT2D eigenvalue weighted by molar-refractivity contribution is -0.153. The van der Waals surface area contributed by atoms with Crippen molar-refractivity contribution in [3.05, 3.63) is 23.8 Å². The fourth-order valence-corrected chi connectivity index (χ4v) is 3.70. The minimum Gasteiger partial charge on any atom is -0.376 e. The molecule has 2 saturated heterocycles. The van der Waals surface area contributed by atoms with Gasteiger partial charge in [0, 0.05) is 56.0 Å². The minimum absolute atomic E-state index is 0.0172. The first kappa shape index (κ1) is 20.2. The smallest absolute Gasteiger partial charge is 0.225 e. The van der Waals surface area contributed by atoms with E-state index in [4.69, 9.17) is 9.47 Å². The van der Waals surface area contributed by atoms with Crippen molar-refractivity contribution in [1.82, 2.24) is 19.8 Å². The van der Waals surface area contributed by atoms with Gasteiger partial charge in [0.15, 0.2) is 0 Å². The Labute approximate surface area is 162 Å². The van der Waals surface area contributed by atoms with Crippen LogP contribution in [-0.4, -0.2) is 77.3 Å². The number of rotatable bonds is 4. The third kappa shape index (κ3) is 5.03. The number of aromatic nitrogens is 2. The number of carbonyl (C=O) groups excluding carboxylic acids is 1. The van der Waals surface area contributed by atoms with Crippen molar-refractivity contribution >= 4 is 5.91 Å². The molecule has 7 heteroatoms. The molecule has 0 bridgehead atoms. The van der Waals surface area contributed by atoms with Gasteiger partial charge in [0.05, 0.1) is 26.4 Å². The van der Waals surface area contributed by atoms with Crippen molar-refractivity contribution in [2.45, 2.75) is 45.8 Å². The van der Waals surface area contributed by atoms with E-state index in [1.54, 1.807) is 0 Å². The van der Waals surface area contributed by atoms with E-state index >= 15 is 0 Å². The highest BCUT2D eigenvalue weighted by atomic mass is 16.5. The Morgan fingerprint density at radius 2 is 1.89 bits per heavy atom. The van der Waals surface area contributed by atoms with Gasteiger partial charge in [0.1, 0.15) is 11.4 Å². The van der Waals surface area contributed by atoms with Gasteiger partial charge in [-0.1, -0.05) is 27.7 Å². The second-order valence-corrected chi connectivity index (χ2v) is 8.31. The third-order valence-corrected chi connectivity index (χ3v) is 5.13. The zero-order chi connectivity index (χ0) is 19.4. The first-order valence-electron chi connectivity index (χ1n) is 9.92. The zero-order valence-corrected chi connectivity index (χ0v) is 17.0. The van der Waals surface area contributed by atoms with Crippen LogP contribution >= 0.6 is 0 Å². The largest absolute Gasteiger partial charge is 0.376 e. The van der Waals surface area contributed by atoms with Crippen LogP contribution in [0.5, 0.6) is 0 Å².